The van der Waals surface area contributed by atoms with Crippen LogP contribution < -0.4 is 4.90 Å². The first-order valence-electron chi connectivity index (χ1n) is 11.8. The van der Waals surface area contributed by atoms with Crippen LogP contribution in [0.1, 0.15) is 22.3 Å². The molecule has 0 radical (unpaired) electrons. The predicted molar refractivity (Wildman–Crippen MR) is 139 cm³/mol. The van der Waals surface area contributed by atoms with Crippen LogP contribution in [0.4, 0.5) is 17.1 Å². The van der Waals surface area contributed by atoms with Crippen LogP contribution in [-0.4, -0.2) is 5.11 Å². The van der Waals surface area contributed by atoms with Crippen LogP contribution in [-0.2, 0) is 12.8 Å². The first-order valence-corrected chi connectivity index (χ1v) is 11.8. The Balaban J connectivity index is 1.47. The van der Waals surface area contributed by atoms with Gasteiger partial charge in [0, 0.05) is 24.6 Å². The lowest BCUT2D eigenvalue weighted by atomic mass is 10.0. The highest BCUT2D eigenvalue weighted by Crippen LogP contribution is 2.49. The molecular formula is C32H23NO. The average Bonchev–Trinajstić information content (AvgIpc) is 3.44. The van der Waals surface area contributed by atoms with Gasteiger partial charge >= 0.3 is 0 Å². The SMILES string of the molecule is Oc1cccc(N(c2cccc3c2Cc2ccccc2-3)c2cccc3c2Cc2ccccc2-3)c1. The van der Waals surface area contributed by atoms with E-state index in [1.54, 1.807) is 6.07 Å². The highest BCUT2D eigenvalue weighted by atomic mass is 16.3. The molecule has 34 heavy (non-hydrogen) atoms. The standard InChI is InChI=1S/C32H23NO/c34-24-11-5-10-23(20-24)33(31-16-6-14-27-25-12-3-1-8-21(25)18-29(27)31)32-17-7-15-28-26-13-4-2-9-22(26)19-30(28)32/h1-17,20,34H,18-19H2. The molecule has 5 aromatic carbocycles. The van der Waals surface area contributed by atoms with Gasteiger partial charge in [0.15, 0.2) is 0 Å². The van der Waals surface area contributed by atoms with Crippen LogP contribution in [0, 0.1) is 0 Å². The zero-order valence-corrected chi connectivity index (χ0v) is 18.7. The highest BCUT2D eigenvalue weighted by Gasteiger charge is 2.28. The lowest BCUT2D eigenvalue weighted by molar-refractivity contribution is 0.475. The second-order valence-corrected chi connectivity index (χ2v) is 9.13. The average molecular weight is 438 g/mol. The van der Waals surface area contributed by atoms with Crippen molar-refractivity contribution < 1.29 is 5.11 Å². The van der Waals surface area contributed by atoms with Crippen LogP contribution in [0.25, 0.3) is 22.3 Å². The van der Waals surface area contributed by atoms with E-state index >= 15 is 0 Å². The van der Waals surface area contributed by atoms with E-state index in [1.165, 1.54) is 55.9 Å². The summed E-state index contributed by atoms with van der Waals surface area (Å²) in [5.74, 6) is 0.272. The van der Waals surface area contributed by atoms with E-state index in [0.29, 0.717) is 0 Å². The van der Waals surface area contributed by atoms with Gasteiger partial charge in [-0.2, -0.15) is 0 Å². The molecule has 7 rings (SSSR count). The lowest BCUT2D eigenvalue weighted by Gasteiger charge is -2.29. The lowest BCUT2D eigenvalue weighted by Crippen LogP contribution is -2.14. The fraction of sp³-hybridized carbons (Fsp3) is 0.0625. The minimum Gasteiger partial charge on any atom is -0.508 e. The summed E-state index contributed by atoms with van der Waals surface area (Å²) in [4.78, 5) is 2.34. The van der Waals surface area contributed by atoms with E-state index < -0.39 is 0 Å². The summed E-state index contributed by atoms with van der Waals surface area (Å²) in [7, 11) is 0. The van der Waals surface area contributed by atoms with E-state index in [2.05, 4.69) is 95.9 Å². The Kier molecular flexibility index (Phi) is 4.16. The van der Waals surface area contributed by atoms with Gasteiger partial charge in [-0.3, -0.25) is 0 Å². The summed E-state index contributed by atoms with van der Waals surface area (Å²) in [6, 6.07) is 38.2. The zero-order chi connectivity index (χ0) is 22.6. The molecular weight excluding hydrogens is 414 g/mol. The Morgan fingerprint density at radius 1 is 0.500 bits per heavy atom. The molecule has 2 aliphatic carbocycles. The van der Waals surface area contributed by atoms with Crippen molar-refractivity contribution >= 4 is 17.1 Å². The van der Waals surface area contributed by atoms with E-state index in [-0.39, 0.29) is 5.75 Å². The van der Waals surface area contributed by atoms with E-state index in [0.717, 1.165) is 18.5 Å². The molecule has 0 saturated carbocycles. The van der Waals surface area contributed by atoms with Gasteiger partial charge in [-0.25, -0.2) is 0 Å². The predicted octanol–water partition coefficient (Wildman–Crippen LogP) is 8.00. The van der Waals surface area contributed by atoms with E-state index in [9.17, 15) is 5.11 Å². The van der Waals surface area contributed by atoms with Gasteiger partial charge in [0.25, 0.3) is 0 Å². The largest absolute Gasteiger partial charge is 0.508 e. The van der Waals surface area contributed by atoms with Crippen molar-refractivity contribution in [2.75, 3.05) is 4.90 Å². The Morgan fingerprint density at radius 3 is 1.56 bits per heavy atom. The minimum atomic E-state index is 0.272. The van der Waals surface area contributed by atoms with Crippen molar-refractivity contribution in [1.82, 2.24) is 0 Å². The smallest absolute Gasteiger partial charge is 0.117 e. The molecule has 0 amide bonds. The van der Waals surface area contributed by atoms with E-state index in [1.807, 2.05) is 12.1 Å². The van der Waals surface area contributed by atoms with Gasteiger partial charge < -0.3 is 10.0 Å². The molecule has 5 aromatic rings. The normalized spacial score (nSPS) is 12.6. The molecule has 0 atom stereocenters. The summed E-state index contributed by atoms with van der Waals surface area (Å²) < 4.78 is 0. The quantitative estimate of drug-likeness (QED) is 0.303. The van der Waals surface area contributed by atoms with Crippen LogP contribution >= 0.6 is 0 Å². The zero-order valence-electron chi connectivity index (χ0n) is 18.7. The van der Waals surface area contributed by atoms with E-state index in [4.69, 9.17) is 0 Å². The van der Waals surface area contributed by atoms with Gasteiger partial charge in [-0.05, 0) is 68.8 Å². The van der Waals surface area contributed by atoms with Crippen molar-refractivity contribution in [3.63, 3.8) is 0 Å². The van der Waals surface area contributed by atoms with Crippen molar-refractivity contribution in [1.29, 1.82) is 0 Å². The third-order valence-corrected chi connectivity index (χ3v) is 7.22. The van der Waals surface area contributed by atoms with Gasteiger partial charge in [-0.15, -0.1) is 0 Å². The second-order valence-electron chi connectivity index (χ2n) is 9.13. The monoisotopic (exact) mass is 437 g/mol. The molecule has 0 bridgehead atoms. The van der Waals surface area contributed by atoms with Gasteiger partial charge in [0.05, 0.1) is 11.4 Å². The molecule has 162 valence electrons. The molecule has 1 N–H and O–H groups in total. The summed E-state index contributed by atoms with van der Waals surface area (Å²) in [5.41, 5.74) is 13.9. The number of hydrogen-bond acceptors (Lipinski definition) is 2. The molecule has 0 fully saturated rings. The van der Waals surface area contributed by atoms with Crippen molar-refractivity contribution in [2.24, 2.45) is 0 Å². The number of nitrogens with zero attached hydrogens (tertiary/aromatic N) is 1. The van der Waals surface area contributed by atoms with Crippen molar-refractivity contribution in [3.8, 4) is 28.0 Å². The Morgan fingerprint density at radius 2 is 1.00 bits per heavy atom. The summed E-state index contributed by atoms with van der Waals surface area (Å²) >= 11 is 0. The number of hydrogen-bond donors (Lipinski definition) is 1. The highest BCUT2D eigenvalue weighted by molar-refractivity contribution is 5.92. The molecule has 0 heterocycles. The number of phenolic OH excluding ortho intramolecular Hbond substituents is 1. The fourth-order valence-corrected chi connectivity index (χ4v) is 5.74. The first kappa shape index (κ1) is 19.2. The van der Waals surface area contributed by atoms with Crippen molar-refractivity contribution in [3.05, 3.63) is 131 Å². The molecule has 0 spiro atoms. The molecule has 2 nitrogen and oxygen atoms in total. The first-order chi connectivity index (χ1) is 16.8. The topological polar surface area (TPSA) is 23.5 Å². The Labute approximate surface area is 199 Å². The molecule has 2 heteroatoms. The maximum Gasteiger partial charge on any atom is 0.117 e. The number of fused-ring (bicyclic) bond motifs is 6. The number of anilines is 3. The van der Waals surface area contributed by atoms with Crippen molar-refractivity contribution in [2.45, 2.75) is 12.8 Å². The Hall–Kier alpha value is -4.30. The van der Waals surface area contributed by atoms with Gasteiger partial charge in [-0.1, -0.05) is 78.9 Å². The fourth-order valence-electron chi connectivity index (χ4n) is 5.74. The number of phenols is 1. The van der Waals surface area contributed by atoms with Gasteiger partial charge in [0.1, 0.15) is 5.75 Å². The molecule has 2 aliphatic rings. The summed E-state index contributed by atoms with van der Waals surface area (Å²) in [6.07, 6.45) is 1.82. The Bertz CT molecular complexity index is 1490. The third-order valence-electron chi connectivity index (χ3n) is 7.22. The minimum absolute atomic E-state index is 0.272. The molecule has 0 unspecified atom stereocenters. The number of aromatic hydroxyl groups is 1. The summed E-state index contributed by atoms with van der Waals surface area (Å²) in [5, 5.41) is 10.4. The third kappa shape index (κ3) is 2.82. The number of rotatable bonds is 3. The number of benzene rings is 5. The van der Waals surface area contributed by atoms with Crippen LogP contribution in [0.2, 0.25) is 0 Å². The maximum absolute atomic E-state index is 10.4. The maximum atomic E-state index is 10.4. The van der Waals surface area contributed by atoms with Crippen LogP contribution in [0.3, 0.4) is 0 Å². The van der Waals surface area contributed by atoms with Gasteiger partial charge in [0.2, 0.25) is 0 Å². The molecule has 0 aliphatic heterocycles. The second kappa shape index (κ2) is 7.36. The molecule has 0 saturated heterocycles. The van der Waals surface area contributed by atoms with Crippen LogP contribution in [0.15, 0.2) is 109 Å². The summed E-state index contributed by atoms with van der Waals surface area (Å²) in [6.45, 7) is 0. The van der Waals surface area contributed by atoms with Crippen LogP contribution in [0.5, 0.6) is 5.75 Å². The molecule has 0 aromatic heterocycles.